The summed E-state index contributed by atoms with van der Waals surface area (Å²) in [5.74, 6) is 1.61. The number of morpholine rings is 1. The van der Waals surface area contributed by atoms with Gasteiger partial charge in [0.15, 0.2) is 11.4 Å². The van der Waals surface area contributed by atoms with Crippen molar-refractivity contribution in [3.8, 4) is 0 Å². The molecule has 2 aliphatic heterocycles. The van der Waals surface area contributed by atoms with Crippen LogP contribution in [0.5, 0.6) is 0 Å². The Morgan fingerprint density at radius 1 is 1.08 bits per heavy atom. The van der Waals surface area contributed by atoms with Gasteiger partial charge in [0.2, 0.25) is 0 Å². The third kappa shape index (κ3) is 2.75. The minimum Gasteiger partial charge on any atom is -0.450 e. The van der Waals surface area contributed by atoms with E-state index in [0.29, 0.717) is 5.92 Å². The zero-order valence-electron chi connectivity index (χ0n) is 14.2. The van der Waals surface area contributed by atoms with Crippen molar-refractivity contribution in [2.75, 3.05) is 50.8 Å². The second-order valence-electron chi connectivity index (χ2n) is 6.99. The summed E-state index contributed by atoms with van der Waals surface area (Å²) >= 11 is 0. The number of ether oxygens (including phenoxy) is 1. The molecule has 0 N–H and O–H groups in total. The first-order valence-electron chi connectivity index (χ1n) is 9.06. The highest BCUT2D eigenvalue weighted by Gasteiger charge is 2.28. The molecule has 0 aliphatic carbocycles. The van der Waals surface area contributed by atoms with Crippen LogP contribution in [-0.4, -0.2) is 60.8 Å². The predicted molar refractivity (Wildman–Crippen MR) is 96.9 cm³/mol. The molecule has 0 unspecified atom stereocenters. The van der Waals surface area contributed by atoms with Crippen molar-refractivity contribution in [2.45, 2.75) is 6.42 Å². The van der Waals surface area contributed by atoms with Gasteiger partial charge < -0.3 is 14.1 Å². The van der Waals surface area contributed by atoms with Gasteiger partial charge in [0.05, 0.1) is 13.2 Å². The van der Waals surface area contributed by atoms with Gasteiger partial charge in [0, 0.05) is 38.1 Å². The Morgan fingerprint density at radius 2 is 1.96 bits per heavy atom. The lowest BCUT2D eigenvalue weighted by Gasteiger charge is -2.29. The molecular weight excluding hydrogens is 316 g/mol. The number of anilines is 1. The lowest BCUT2D eigenvalue weighted by atomic mass is 10.1. The quantitative estimate of drug-likeness (QED) is 0.731. The van der Waals surface area contributed by atoms with Gasteiger partial charge in [-0.3, -0.25) is 4.90 Å². The molecule has 2 saturated heterocycles. The average Bonchev–Trinajstić information content (AvgIpc) is 3.27. The molecule has 0 saturated carbocycles. The van der Waals surface area contributed by atoms with Gasteiger partial charge in [-0.1, -0.05) is 12.1 Å². The molecule has 25 heavy (non-hydrogen) atoms. The Morgan fingerprint density at radius 3 is 2.88 bits per heavy atom. The molecule has 6 nitrogen and oxygen atoms in total. The largest absolute Gasteiger partial charge is 0.450 e. The first-order valence-corrected chi connectivity index (χ1v) is 9.06. The molecule has 130 valence electrons. The fourth-order valence-corrected chi connectivity index (χ4v) is 4.06. The van der Waals surface area contributed by atoms with Crippen molar-refractivity contribution in [3.05, 3.63) is 30.6 Å². The summed E-state index contributed by atoms with van der Waals surface area (Å²) in [7, 11) is 0. The molecule has 5 rings (SSSR count). The van der Waals surface area contributed by atoms with E-state index in [1.165, 1.54) is 6.42 Å². The van der Waals surface area contributed by atoms with E-state index in [1.807, 2.05) is 18.2 Å². The maximum Gasteiger partial charge on any atom is 0.196 e. The molecule has 2 fully saturated rings. The maximum absolute atomic E-state index is 6.09. The number of rotatable bonds is 3. The van der Waals surface area contributed by atoms with Gasteiger partial charge >= 0.3 is 0 Å². The Bertz CT molecular complexity index is 887. The topological polar surface area (TPSA) is 54.6 Å². The molecule has 0 bridgehead atoms. The van der Waals surface area contributed by atoms with Crippen LogP contribution in [0.1, 0.15) is 6.42 Å². The first kappa shape index (κ1) is 15.1. The number of furan rings is 1. The zero-order chi connectivity index (χ0) is 16.6. The summed E-state index contributed by atoms with van der Waals surface area (Å²) < 4.78 is 11.5. The van der Waals surface area contributed by atoms with Gasteiger partial charge in [-0.05, 0) is 24.5 Å². The standard InChI is InChI=1S/C19H22N4O2/c1-2-4-16-15(3-1)17-18(25-16)19(21-13-20-17)23-6-5-14(12-23)11-22-7-9-24-10-8-22/h1-4,13-14H,5-12H2/t14-/m0/s1. The Balaban J connectivity index is 1.40. The van der Waals surface area contributed by atoms with Gasteiger partial charge in [-0.25, -0.2) is 9.97 Å². The van der Waals surface area contributed by atoms with E-state index in [9.17, 15) is 0 Å². The van der Waals surface area contributed by atoms with Crippen LogP contribution in [0.3, 0.4) is 0 Å². The Hall–Kier alpha value is -2.18. The van der Waals surface area contributed by atoms with Crippen molar-refractivity contribution in [3.63, 3.8) is 0 Å². The molecule has 0 spiro atoms. The molecule has 0 radical (unpaired) electrons. The number of para-hydroxylation sites is 1. The first-order chi connectivity index (χ1) is 12.4. The fourth-order valence-electron chi connectivity index (χ4n) is 4.06. The van der Waals surface area contributed by atoms with E-state index < -0.39 is 0 Å². The molecule has 6 heteroatoms. The summed E-state index contributed by atoms with van der Waals surface area (Å²) in [4.78, 5) is 13.9. The molecule has 2 aromatic heterocycles. The number of benzene rings is 1. The number of hydrogen-bond acceptors (Lipinski definition) is 6. The van der Waals surface area contributed by atoms with Crippen LogP contribution in [0.2, 0.25) is 0 Å². The van der Waals surface area contributed by atoms with E-state index in [2.05, 4.69) is 25.8 Å². The van der Waals surface area contributed by atoms with Crippen LogP contribution in [0.15, 0.2) is 35.0 Å². The van der Waals surface area contributed by atoms with Crippen LogP contribution >= 0.6 is 0 Å². The number of fused-ring (bicyclic) bond motifs is 3. The highest BCUT2D eigenvalue weighted by atomic mass is 16.5. The summed E-state index contributed by atoms with van der Waals surface area (Å²) in [6.45, 7) is 7.03. The summed E-state index contributed by atoms with van der Waals surface area (Å²) in [6.07, 6.45) is 2.86. The Labute approximate surface area is 146 Å². The molecule has 0 amide bonds. The molecular formula is C19H22N4O2. The van der Waals surface area contributed by atoms with Crippen molar-refractivity contribution >= 4 is 27.9 Å². The lowest BCUT2D eigenvalue weighted by Crippen LogP contribution is -2.39. The van der Waals surface area contributed by atoms with E-state index in [1.54, 1.807) is 6.33 Å². The second kappa shape index (κ2) is 6.28. The van der Waals surface area contributed by atoms with Crippen LogP contribution in [0, 0.1) is 5.92 Å². The second-order valence-corrected chi connectivity index (χ2v) is 6.99. The van der Waals surface area contributed by atoms with Crippen LogP contribution < -0.4 is 4.90 Å². The van der Waals surface area contributed by atoms with Crippen LogP contribution in [0.25, 0.3) is 22.1 Å². The molecule has 4 heterocycles. The SMILES string of the molecule is c1ccc2c(c1)oc1c(N3CC[C@@H](CN4CCOCC4)C3)ncnc12. The normalized spacial score (nSPS) is 22.2. The van der Waals surface area contributed by atoms with Crippen molar-refractivity contribution < 1.29 is 9.15 Å². The number of aromatic nitrogens is 2. The monoisotopic (exact) mass is 338 g/mol. The molecule has 1 aromatic carbocycles. The minimum atomic E-state index is 0.674. The van der Waals surface area contributed by atoms with Crippen molar-refractivity contribution in [2.24, 2.45) is 5.92 Å². The van der Waals surface area contributed by atoms with E-state index >= 15 is 0 Å². The maximum atomic E-state index is 6.09. The van der Waals surface area contributed by atoms with E-state index in [-0.39, 0.29) is 0 Å². The minimum absolute atomic E-state index is 0.674. The molecule has 1 atom stereocenters. The van der Waals surface area contributed by atoms with Gasteiger partial charge in [-0.15, -0.1) is 0 Å². The highest BCUT2D eigenvalue weighted by Crippen LogP contribution is 2.34. The summed E-state index contributed by atoms with van der Waals surface area (Å²) in [5, 5.41) is 1.06. The fraction of sp³-hybridized carbons (Fsp3) is 0.474. The van der Waals surface area contributed by atoms with Gasteiger partial charge in [0.1, 0.15) is 17.4 Å². The number of hydrogen-bond donors (Lipinski definition) is 0. The predicted octanol–water partition coefficient (Wildman–Crippen LogP) is 2.53. The van der Waals surface area contributed by atoms with Crippen molar-refractivity contribution in [1.29, 1.82) is 0 Å². The summed E-state index contributed by atoms with van der Waals surface area (Å²) in [6, 6.07) is 8.06. The van der Waals surface area contributed by atoms with E-state index in [4.69, 9.17) is 9.15 Å². The Kier molecular flexibility index (Phi) is 3.79. The average molecular weight is 338 g/mol. The van der Waals surface area contributed by atoms with E-state index in [0.717, 1.165) is 73.8 Å². The van der Waals surface area contributed by atoms with Gasteiger partial charge in [-0.2, -0.15) is 0 Å². The summed E-state index contributed by atoms with van der Waals surface area (Å²) in [5.41, 5.74) is 2.61. The van der Waals surface area contributed by atoms with Crippen molar-refractivity contribution in [1.82, 2.24) is 14.9 Å². The van der Waals surface area contributed by atoms with Crippen LogP contribution in [0.4, 0.5) is 5.82 Å². The smallest absolute Gasteiger partial charge is 0.196 e. The van der Waals surface area contributed by atoms with Crippen LogP contribution in [-0.2, 0) is 4.74 Å². The third-order valence-electron chi connectivity index (χ3n) is 5.34. The lowest BCUT2D eigenvalue weighted by molar-refractivity contribution is 0.0320. The zero-order valence-corrected chi connectivity index (χ0v) is 14.2. The highest BCUT2D eigenvalue weighted by molar-refractivity contribution is 6.05. The molecule has 2 aliphatic rings. The third-order valence-corrected chi connectivity index (χ3v) is 5.34. The molecule has 3 aromatic rings. The van der Waals surface area contributed by atoms with Gasteiger partial charge in [0.25, 0.3) is 0 Å². The number of nitrogens with zero attached hydrogens (tertiary/aromatic N) is 4.